The number of nitrogens with zero attached hydrogens (tertiary/aromatic N) is 2. The molecule has 0 saturated carbocycles. The van der Waals surface area contributed by atoms with E-state index in [4.69, 9.17) is 0 Å². The lowest BCUT2D eigenvalue weighted by Gasteiger charge is -2.09. The smallest absolute Gasteiger partial charge is 0.224 e. The van der Waals surface area contributed by atoms with Gasteiger partial charge in [0.1, 0.15) is 5.82 Å². The van der Waals surface area contributed by atoms with E-state index in [-0.39, 0.29) is 0 Å². The minimum absolute atomic E-state index is 0.419. The molecular formula is C9H16N4. The van der Waals surface area contributed by atoms with E-state index in [2.05, 4.69) is 34.4 Å². The largest absolute Gasteiger partial charge is 0.373 e. The molecule has 72 valence electrons. The highest BCUT2D eigenvalue weighted by molar-refractivity contribution is 5.42. The van der Waals surface area contributed by atoms with Gasteiger partial charge >= 0.3 is 0 Å². The molecule has 0 atom stereocenters. The van der Waals surface area contributed by atoms with Crippen molar-refractivity contribution in [2.24, 2.45) is 0 Å². The fraction of sp³-hybridized carbons (Fsp3) is 0.556. The Bertz CT molecular complexity index is 261. The number of aromatic nitrogens is 2. The molecule has 1 heterocycles. The Kier molecular flexibility index (Phi) is 3.06. The van der Waals surface area contributed by atoms with Gasteiger partial charge in [-0.3, -0.25) is 0 Å². The topological polar surface area (TPSA) is 49.8 Å². The van der Waals surface area contributed by atoms with Crippen molar-refractivity contribution in [3.05, 3.63) is 11.8 Å². The first-order valence-corrected chi connectivity index (χ1v) is 4.42. The van der Waals surface area contributed by atoms with Crippen LogP contribution in [0.4, 0.5) is 11.8 Å². The summed E-state index contributed by atoms with van der Waals surface area (Å²) in [6, 6.07) is 1.96. The number of hydrogen-bond donors (Lipinski definition) is 2. The van der Waals surface area contributed by atoms with Crippen LogP contribution in [0.3, 0.4) is 0 Å². The van der Waals surface area contributed by atoms with Crippen LogP contribution in [0.15, 0.2) is 6.07 Å². The molecular weight excluding hydrogens is 164 g/mol. The van der Waals surface area contributed by atoms with Crippen LogP contribution >= 0.6 is 0 Å². The van der Waals surface area contributed by atoms with Gasteiger partial charge in [-0.15, -0.1) is 0 Å². The molecule has 0 radical (unpaired) electrons. The molecule has 0 fully saturated rings. The van der Waals surface area contributed by atoms with E-state index in [0.29, 0.717) is 11.9 Å². The third-order valence-corrected chi connectivity index (χ3v) is 1.82. The molecule has 1 rings (SSSR count). The van der Waals surface area contributed by atoms with Crippen molar-refractivity contribution < 1.29 is 0 Å². The third kappa shape index (κ3) is 2.31. The van der Waals surface area contributed by atoms with E-state index in [1.165, 1.54) is 0 Å². The van der Waals surface area contributed by atoms with Crippen LogP contribution in [0, 0.1) is 0 Å². The van der Waals surface area contributed by atoms with Crippen molar-refractivity contribution >= 4 is 11.8 Å². The van der Waals surface area contributed by atoms with Gasteiger partial charge in [0.15, 0.2) is 0 Å². The second-order valence-corrected chi connectivity index (χ2v) is 3.16. The minimum atomic E-state index is 0.419. The zero-order chi connectivity index (χ0) is 9.84. The first kappa shape index (κ1) is 9.77. The Hall–Kier alpha value is -1.32. The van der Waals surface area contributed by atoms with Crippen LogP contribution in [-0.2, 0) is 0 Å². The summed E-state index contributed by atoms with van der Waals surface area (Å²) < 4.78 is 0. The van der Waals surface area contributed by atoms with E-state index in [1.807, 2.05) is 20.2 Å². The maximum absolute atomic E-state index is 4.34. The first-order chi connectivity index (χ1) is 6.17. The number of anilines is 2. The second kappa shape index (κ2) is 4.07. The van der Waals surface area contributed by atoms with E-state index >= 15 is 0 Å². The summed E-state index contributed by atoms with van der Waals surface area (Å²) in [6.07, 6.45) is 0. The lowest BCUT2D eigenvalue weighted by Crippen LogP contribution is -2.04. The fourth-order valence-corrected chi connectivity index (χ4v) is 1.00. The summed E-state index contributed by atoms with van der Waals surface area (Å²) >= 11 is 0. The summed E-state index contributed by atoms with van der Waals surface area (Å²) in [5.74, 6) is 1.93. The zero-order valence-corrected chi connectivity index (χ0v) is 8.55. The molecule has 13 heavy (non-hydrogen) atoms. The van der Waals surface area contributed by atoms with E-state index < -0.39 is 0 Å². The van der Waals surface area contributed by atoms with Crippen molar-refractivity contribution in [2.75, 3.05) is 24.7 Å². The molecule has 0 aliphatic rings. The predicted molar refractivity (Wildman–Crippen MR) is 55.2 cm³/mol. The summed E-state index contributed by atoms with van der Waals surface area (Å²) in [4.78, 5) is 8.56. The summed E-state index contributed by atoms with van der Waals surface area (Å²) in [7, 11) is 3.67. The molecule has 0 amide bonds. The van der Waals surface area contributed by atoms with Crippen LogP contribution in [0.5, 0.6) is 0 Å². The highest BCUT2D eigenvalue weighted by atomic mass is 15.1. The molecule has 1 aromatic rings. The first-order valence-electron chi connectivity index (χ1n) is 4.42. The second-order valence-electron chi connectivity index (χ2n) is 3.16. The lowest BCUT2D eigenvalue weighted by atomic mass is 10.1. The molecule has 4 nitrogen and oxygen atoms in total. The third-order valence-electron chi connectivity index (χ3n) is 1.82. The van der Waals surface area contributed by atoms with E-state index in [1.54, 1.807) is 0 Å². The van der Waals surface area contributed by atoms with E-state index in [0.717, 1.165) is 11.5 Å². The van der Waals surface area contributed by atoms with Gasteiger partial charge in [-0.1, -0.05) is 13.8 Å². The molecule has 0 aliphatic carbocycles. The van der Waals surface area contributed by atoms with Gasteiger partial charge in [-0.25, -0.2) is 4.98 Å². The molecule has 1 aromatic heterocycles. The van der Waals surface area contributed by atoms with Crippen LogP contribution in [0.25, 0.3) is 0 Å². The summed E-state index contributed by atoms with van der Waals surface area (Å²) in [5.41, 5.74) is 1.05. The lowest BCUT2D eigenvalue weighted by molar-refractivity contribution is 0.817. The Morgan fingerprint density at radius 3 is 2.31 bits per heavy atom. The van der Waals surface area contributed by atoms with Gasteiger partial charge in [-0.05, 0) is 5.92 Å². The molecule has 2 N–H and O–H groups in total. The van der Waals surface area contributed by atoms with Crippen LogP contribution in [0.2, 0.25) is 0 Å². The zero-order valence-electron chi connectivity index (χ0n) is 8.55. The Labute approximate surface area is 78.8 Å². The molecule has 0 aromatic carbocycles. The maximum atomic E-state index is 4.34. The molecule has 0 bridgehead atoms. The normalized spacial score (nSPS) is 10.2. The molecule has 0 aliphatic heterocycles. The van der Waals surface area contributed by atoms with Crippen LogP contribution in [0.1, 0.15) is 25.5 Å². The SMILES string of the molecule is CNc1cc(C(C)C)nc(NC)n1. The average Bonchev–Trinajstić information content (AvgIpc) is 2.16. The van der Waals surface area contributed by atoms with E-state index in [9.17, 15) is 0 Å². The highest BCUT2D eigenvalue weighted by Crippen LogP contribution is 2.16. The maximum Gasteiger partial charge on any atom is 0.224 e. The minimum Gasteiger partial charge on any atom is -0.373 e. The molecule has 0 saturated heterocycles. The van der Waals surface area contributed by atoms with Crippen molar-refractivity contribution in [1.29, 1.82) is 0 Å². The molecule has 0 unspecified atom stereocenters. The van der Waals surface area contributed by atoms with Crippen LogP contribution < -0.4 is 10.6 Å². The number of rotatable bonds is 3. The molecule has 4 heteroatoms. The summed E-state index contributed by atoms with van der Waals surface area (Å²) in [5, 5.41) is 5.94. The predicted octanol–water partition coefficient (Wildman–Crippen LogP) is 1.68. The number of nitrogens with one attached hydrogen (secondary N) is 2. The fourth-order valence-electron chi connectivity index (χ4n) is 1.00. The van der Waals surface area contributed by atoms with Gasteiger partial charge in [0.05, 0.1) is 5.69 Å². The summed E-state index contributed by atoms with van der Waals surface area (Å²) in [6.45, 7) is 4.22. The van der Waals surface area contributed by atoms with Crippen LogP contribution in [-0.4, -0.2) is 24.1 Å². The standard InChI is InChI=1S/C9H16N4/c1-6(2)7-5-8(10-3)13-9(11-4)12-7/h5-6H,1-4H3,(H2,10,11,12,13). The quantitative estimate of drug-likeness (QED) is 0.743. The number of hydrogen-bond acceptors (Lipinski definition) is 4. The van der Waals surface area contributed by atoms with Gasteiger partial charge in [0.2, 0.25) is 5.95 Å². The Morgan fingerprint density at radius 2 is 1.85 bits per heavy atom. The van der Waals surface area contributed by atoms with Gasteiger partial charge in [0, 0.05) is 20.2 Å². The Balaban J connectivity index is 3.07. The average molecular weight is 180 g/mol. The van der Waals surface area contributed by atoms with Crippen molar-refractivity contribution in [3.8, 4) is 0 Å². The highest BCUT2D eigenvalue weighted by Gasteiger charge is 2.05. The van der Waals surface area contributed by atoms with Gasteiger partial charge in [-0.2, -0.15) is 4.98 Å². The van der Waals surface area contributed by atoms with Crippen molar-refractivity contribution in [1.82, 2.24) is 9.97 Å². The monoisotopic (exact) mass is 180 g/mol. The molecule has 0 spiro atoms. The van der Waals surface area contributed by atoms with Crippen molar-refractivity contribution in [2.45, 2.75) is 19.8 Å². The van der Waals surface area contributed by atoms with Gasteiger partial charge < -0.3 is 10.6 Å². The Morgan fingerprint density at radius 1 is 1.15 bits per heavy atom. The van der Waals surface area contributed by atoms with Crippen molar-refractivity contribution in [3.63, 3.8) is 0 Å². The van der Waals surface area contributed by atoms with Gasteiger partial charge in [0.25, 0.3) is 0 Å².